The monoisotopic (exact) mass is 451 g/mol. The van der Waals surface area contributed by atoms with E-state index in [1.54, 1.807) is 22.7 Å². The minimum atomic E-state index is -0.901. The molecule has 4 heterocycles. The molecule has 0 spiro atoms. The van der Waals surface area contributed by atoms with Crippen LogP contribution in [0.25, 0.3) is 0 Å². The third-order valence-electron chi connectivity index (χ3n) is 6.23. The number of amides is 2. The molecule has 1 aromatic rings. The number of ether oxygens (including phenoxy) is 2. The number of piperazine rings is 1. The lowest BCUT2D eigenvalue weighted by atomic mass is 9.93. The molecule has 4 aliphatic rings. The topological polar surface area (TPSA) is 62.3 Å². The smallest absolute Gasteiger partial charge is 0.261 e. The first-order chi connectivity index (χ1) is 14.2. The summed E-state index contributed by atoms with van der Waals surface area (Å²) in [6.45, 7) is 4.99. The maximum atomic E-state index is 13.8. The summed E-state index contributed by atoms with van der Waals surface area (Å²) in [5, 5.41) is 0. The Morgan fingerprint density at radius 1 is 1.17 bits per heavy atom. The molecule has 5 rings (SSSR count). The maximum Gasteiger partial charge on any atom is 0.261 e. The van der Waals surface area contributed by atoms with Gasteiger partial charge in [-0.1, -0.05) is 34.6 Å². The zero-order valence-electron chi connectivity index (χ0n) is 18.1. The summed E-state index contributed by atoms with van der Waals surface area (Å²) >= 11 is 0. The zero-order valence-corrected chi connectivity index (χ0v) is 19.8. The number of likely N-dealkylation sites (N-methyl/N-ethyl adjacent to an activating group) is 1. The largest absolute Gasteiger partial charge is 0.454 e. The highest BCUT2D eigenvalue weighted by Crippen LogP contribution is 2.62. The lowest BCUT2D eigenvalue weighted by Gasteiger charge is -2.61. The van der Waals surface area contributed by atoms with Gasteiger partial charge in [0.25, 0.3) is 11.8 Å². The third kappa shape index (κ3) is 3.17. The highest BCUT2D eigenvalue weighted by molar-refractivity contribution is 8.78. The maximum absolute atomic E-state index is 13.8. The molecule has 0 aliphatic carbocycles. The number of carbonyl (C=O) groups excluding carboxylic acids is 2. The van der Waals surface area contributed by atoms with Crippen LogP contribution in [0.15, 0.2) is 18.2 Å². The van der Waals surface area contributed by atoms with Crippen LogP contribution in [0.3, 0.4) is 0 Å². The average Bonchev–Trinajstić information content (AvgIpc) is 3.18. The average molecular weight is 452 g/mol. The molecule has 3 fully saturated rings. The van der Waals surface area contributed by atoms with Gasteiger partial charge in [0.15, 0.2) is 21.2 Å². The number of rotatable bonds is 7. The molecule has 2 bridgehead atoms. The first-order valence-electron chi connectivity index (χ1n) is 10.3. The van der Waals surface area contributed by atoms with Gasteiger partial charge in [0, 0.05) is 7.05 Å². The van der Waals surface area contributed by atoms with Gasteiger partial charge in [0.2, 0.25) is 6.79 Å². The fraction of sp³-hybridized carbons (Fsp3) is 0.619. The Kier molecular flexibility index (Phi) is 5.65. The number of benzene rings is 1. The molecular formula is C21H29N3O4S2. The van der Waals surface area contributed by atoms with E-state index in [-0.39, 0.29) is 24.6 Å². The summed E-state index contributed by atoms with van der Waals surface area (Å²) < 4.78 is 11.0. The SMILES string of the molecule is CC[C@H](c1ccc2c(c1)OCO2)N1C(=O)C2(C)SSC1(CCCN(C)C)C(=O)N2C. The number of hydrogen-bond acceptors (Lipinski definition) is 7. The molecule has 164 valence electrons. The van der Waals surface area contributed by atoms with E-state index in [2.05, 4.69) is 11.8 Å². The molecule has 1 aromatic carbocycles. The number of fused-ring (bicyclic) bond motifs is 4. The van der Waals surface area contributed by atoms with Crippen LogP contribution in [-0.2, 0) is 9.59 Å². The van der Waals surface area contributed by atoms with Crippen molar-refractivity contribution < 1.29 is 19.1 Å². The fourth-order valence-electron chi connectivity index (χ4n) is 4.39. The Bertz CT molecular complexity index is 867. The third-order valence-corrected chi connectivity index (χ3v) is 9.98. The van der Waals surface area contributed by atoms with Crippen LogP contribution in [-0.4, -0.2) is 70.7 Å². The second-order valence-electron chi connectivity index (χ2n) is 8.42. The van der Waals surface area contributed by atoms with Crippen LogP contribution in [0.2, 0.25) is 0 Å². The molecule has 2 unspecified atom stereocenters. The lowest BCUT2D eigenvalue weighted by molar-refractivity contribution is -0.168. The van der Waals surface area contributed by atoms with E-state index in [4.69, 9.17) is 9.47 Å². The fourth-order valence-corrected chi connectivity index (χ4v) is 7.94. The summed E-state index contributed by atoms with van der Waals surface area (Å²) in [5.74, 6) is 1.43. The molecule has 0 saturated carbocycles. The van der Waals surface area contributed by atoms with E-state index in [0.717, 1.165) is 18.5 Å². The highest BCUT2D eigenvalue weighted by atomic mass is 33.1. The zero-order chi connectivity index (χ0) is 21.7. The second-order valence-corrected chi connectivity index (χ2v) is 11.2. The van der Waals surface area contributed by atoms with Crippen LogP contribution in [0, 0.1) is 0 Å². The van der Waals surface area contributed by atoms with Crippen molar-refractivity contribution in [1.82, 2.24) is 14.7 Å². The molecule has 0 aromatic heterocycles. The molecule has 0 N–H and O–H groups in total. The number of carbonyl (C=O) groups is 2. The molecule has 7 nitrogen and oxygen atoms in total. The van der Waals surface area contributed by atoms with Crippen molar-refractivity contribution in [3.63, 3.8) is 0 Å². The Morgan fingerprint density at radius 3 is 2.60 bits per heavy atom. The Hall–Kier alpha value is -1.58. The Morgan fingerprint density at radius 2 is 1.90 bits per heavy atom. The summed E-state index contributed by atoms with van der Waals surface area (Å²) in [5.41, 5.74) is 0.972. The number of hydrogen-bond donors (Lipinski definition) is 0. The predicted molar refractivity (Wildman–Crippen MR) is 119 cm³/mol. The molecule has 2 amide bonds. The van der Waals surface area contributed by atoms with Gasteiger partial charge < -0.3 is 24.2 Å². The Labute approximate surface area is 185 Å². The van der Waals surface area contributed by atoms with Crippen molar-refractivity contribution in [2.24, 2.45) is 0 Å². The van der Waals surface area contributed by atoms with E-state index >= 15 is 0 Å². The van der Waals surface area contributed by atoms with Crippen LogP contribution < -0.4 is 9.47 Å². The quantitative estimate of drug-likeness (QED) is 0.590. The normalized spacial score (nSPS) is 28.6. The van der Waals surface area contributed by atoms with Crippen LogP contribution in [0.4, 0.5) is 0 Å². The van der Waals surface area contributed by atoms with Crippen LogP contribution in [0.1, 0.15) is 44.7 Å². The first-order valence-corrected chi connectivity index (χ1v) is 12.4. The van der Waals surface area contributed by atoms with Gasteiger partial charge in [0.05, 0.1) is 6.04 Å². The van der Waals surface area contributed by atoms with E-state index in [9.17, 15) is 9.59 Å². The predicted octanol–water partition coefficient (Wildman–Crippen LogP) is 3.32. The molecule has 0 radical (unpaired) electrons. The van der Waals surface area contributed by atoms with Crippen molar-refractivity contribution in [1.29, 1.82) is 0 Å². The highest BCUT2D eigenvalue weighted by Gasteiger charge is 2.67. The van der Waals surface area contributed by atoms with Crippen molar-refractivity contribution in [2.75, 3.05) is 34.5 Å². The van der Waals surface area contributed by atoms with Crippen molar-refractivity contribution in [3.05, 3.63) is 23.8 Å². The molecule has 4 aliphatic heterocycles. The van der Waals surface area contributed by atoms with E-state index < -0.39 is 9.74 Å². The molecule has 9 heteroatoms. The van der Waals surface area contributed by atoms with Gasteiger partial charge in [0.1, 0.15) is 0 Å². The minimum absolute atomic E-state index is 0.00252. The molecular weight excluding hydrogens is 422 g/mol. The van der Waals surface area contributed by atoms with Gasteiger partial charge in [-0.25, -0.2) is 0 Å². The van der Waals surface area contributed by atoms with Crippen molar-refractivity contribution >= 4 is 33.4 Å². The molecule has 3 saturated heterocycles. The number of nitrogens with zero attached hydrogens (tertiary/aromatic N) is 3. The summed E-state index contributed by atoms with van der Waals surface area (Å²) in [6, 6.07) is 5.62. The van der Waals surface area contributed by atoms with E-state index in [0.29, 0.717) is 24.3 Å². The second kappa shape index (κ2) is 7.84. The summed E-state index contributed by atoms with van der Waals surface area (Å²) in [4.78, 5) is 31.3. The van der Waals surface area contributed by atoms with Gasteiger partial charge >= 0.3 is 0 Å². The van der Waals surface area contributed by atoms with Gasteiger partial charge in [-0.2, -0.15) is 0 Å². The van der Waals surface area contributed by atoms with E-state index in [1.807, 2.05) is 44.1 Å². The molecule has 30 heavy (non-hydrogen) atoms. The minimum Gasteiger partial charge on any atom is -0.454 e. The van der Waals surface area contributed by atoms with Gasteiger partial charge in [-0.05, 0) is 64.5 Å². The first kappa shape index (κ1) is 21.6. The van der Waals surface area contributed by atoms with Crippen molar-refractivity contribution in [2.45, 2.75) is 48.9 Å². The van der Waals surface area contributed by atoms with Gasteiger partial charge in [-0.15, -0.1) is 0 Å². The summed E-state index contributed by atoms with van der Waals surface area (Å²) in [6.07, 6.45) is 2.16. The van der Waals surface area contributed by atoms with Crippen molar-refractivity contribution in [3.8, 4) is 11.5 Å². The van der Waals surface area contributed by atoms with Crippen LogP contribution in [0.5, 0.6) is 11.5 Å². The van der Waals surface area contributed by atoms with Gasteiger partial charge in [-0.3, -0.25) is 9.59 Å². The standard InChI is InChI=1S/C21H29N3O4S2/c1-6-15(14-8-9-16-17(12-14)28-13-27-16)24-18(25)20(2)23(5)19(26)21(24,30-29-20)10-7-11-22(3)4/h8-9,12,15H,6-7,10-11,13H2,1-5H3/t15-,20?,21?/m1/s1. The van der Waals surface area contributed by atoms with E-state index in [1.165, 1.54) is 10.8 Å². The summed E-state index contributed by atoms with van der Waals surface area (Å²) in [7, 11) is 8.87. The lowest BCUT2D eigenvalue weighted by Crippen LogP contribution is -2.76. The molecule has 3 atom stereocenters. The van der Waals surface area contributed by atoms with Crippen LogP contribution >= 0.6 is 21.6 Å². The Balaban J connectivity index is 1.75.